The summed E-state index contributed by atoms with van der Waals surface area (Å²) in [5.74, 6) is -3.52. The van der Waals surface area contributed by atoms with Gasteiger partial charge in [-0.25, -0.2) is 35.9 Å². The molecule has 0 saturated carbocycles. The first-order chi connectivity index (χ1) is 51.0. The molecule has 7 aromatic rings. The van der Waals surface area contributed by atoms with Crippen LogP contribution in [-0.4, -0.2) is 140 Å². The van der Waals surface area contributed by atoms with E-state index in [0.29, 0.717) is 100 Å². The van der Waals surface area contributed by atoms with E-state index in [1.54, 1.807) is 4.90 Å². The lowest BCUT2D eigenvalue weighted by Crippen LogP contribution is -2.57. The van der Waals surface area contributed by atoms with Crippen molar-refractivity contribution < 1.29 is 65.5 Å². The summed E-state index contributed by atoms with van der Waals surface area (Å²) in [7, 11) is 2.60. The molecule has 6 unspecified atom stereocenters. The molecule has 10 rings (SSSR count). The molecule has 0 radical (unpaired) electrons. The minimum absolute atomic E-state index is 0.0193. The second-order valence-electron chi connectivity index (χ2n) is 32.1. The fourth-order valence-corrected chi connectivity index (χ4v) is 14.3. The zero-order chi connectivity index (χ0) is 79.0. The van der Waals surface area contributed by atoms with Gasteiger partial charge in [-0.1, -0.05) is 165 Å². The van der Waals surface area contributed by atoms with E-state index in [9.17, 15) is 56.0 Å². The standard InChI is InChI=1S/C33H40F2N2O2.C27H36F2N2O3.C25H34F2N2O.C2H3ClO2/c1-32(2,3)26-11-7-12-27(19-26)33(36-21-30(38)14-13-24-17-28(34)20-29(35)18-24)15-8-16-37(23-33)22-31(39)25-9-5-4-6-10-25;1-26(2,3)20-7-5-8-21(15-20)27(11-6-12-31(18-27)25(33)34-4)30-17-24(32)10-9-19-13-22(28)16-23(29)14-19;1-24(2,3)19-6-4-7-20(14-19)25(10-5-11-28-17-25)29-16-23(30)9-8-18-12-21(26)15-22(27)13-18;1-5-2(3)4/h4-7,9-12,17-20,30,36,38H,8,13-16,21-23H2,1-3H3;5,7-8,13-16,24,30,32H,6,9-12,17-18H2,1-4H3;4,6-7,12-15,23,28-30H,5,8-11,16-17H2,1-3H3;1H3. The number of aliphatic hydroxyl groups is 3. The van der Waals surface area contributed by atoms with Crippen molar-refractivity contribution in [2.75, 3.05) is 79.7 Å². The van der Waals surface area contributed by atoms with Gasteiger partial charge in [-0.15, -0.1) is 0 Å². The molecule has 1 amide bonds. The number of nitrogens with zero attached hydrogens (tertiary/aromatic N) is 2. The number of ether oxygens (including phenoxy) is 2. The highest BCUT2D eigenvalue weighted by atomic mass is 35.5. The van der Waals surface area contributed by atoms with E-state index in [2.05, 4.69) is 172 Å². The maximum Gasteiger partial charge on any atom is 0.409 e. The van der Waals surface area contributed by atoms with Crippen LogP contribution in [0.4, 0.5) is 35.9 Å². The highest BCUT2D eigenvalue weighted by Gasteiger charge is 2.41. The van der Waals surface area contributed by atoms with Crippen molar-refractivity contribution >= 4 is 28.9 Å². The van der Waals surface area contributed by atoms with Crippen molar-refractivity contribution in [2.45, 2.75) is 191 Å². The van der Waals surface area contributed by atoms with E-state index in [0.717, 1.165) is 87.5 Å². The molecule has 588 valence electrons. The summed E-state index contributed by atoms with van der Waals surface area (Å²) < 4.78 is 89.7. The average Bonchev–Trinajstić information content (AvgIpc) is 0.796. The lowest BCUT2D eigenvalue weighted by atomic mass is 9.78. The van der Waals surface area contributed by atoms with Gasteiger partial charge in [-0.05, 0) is 193 Å². The molecule has 108 heavy (non-hydrogen) atoms. The fraction of sp³-hybridized carbons (Fsp3) is 0.483. The van der Waals surface area contributed by atoms with Crippen molar-refractivity contribution in [3.8, 4) is 0 Å². The maximum absolute atomic E-state index is 13.6. The Kier molecular flexibility index (Phi) is 32.8. The third-order valence-electron chi connectivity index (χ3n) is 20.4. The largest absolute Gasteiger partial charge is 0.457 e. The van der Waals surface area contributed by atoms with Gasteiger partial charge in [0.05, 0.1) is 55.7 Å². The Morgan fingerprint density at radius 1 is 0.481 bits per heavy atom. The number of carbonyl (C=O) groups is 3. The van der Waals surface area contributed by atoms with Crippen molar-refractivity contribution in [3.63, 3.8) is 0 Å². The van der Waals surface area contributed by atoms with Crippen LogP contribution in [0.3, 0.4) is 0 Å². The van der Waals surface area contributed by atoms with Gasteiger partial charge < -0.3 is 51.0 Å². The van der Waals surface area contributed by atoms with Crippen molar-refractivity contribution in [1.29, 1.82) is 0 Å². The minimum Gasteiger partial charge on any atom is -0.457 e. The van der Waals surface area contributed by atoms with Gasteiger partial charge in [-0.2, -0.15) is 0 Å². The number of likely N-dealkylation sites (tertiary alicyclic amines) is 2. The normalized spacial score (nSPS) is 19.2. The van der Waals surface area contributed by atoms with Crippen LogP contribution >= 0.6 is 11.6 Å². The zero-order valence-corrected chi connectivity index (χ0v) is 65.5. The number of ketones is 1. The molecule has 0 spiro atoms. The number of benzene rings is 7. The van der Waals surface area contributed by atoms with Gasteiger partial charge in [0.25, 0.3) is 0 Å². The number of rotatable bonds is 24. The number of halogens is 7. The molecule has 0 aliphatic carbocycles. The first-order valence-corrected chi connectivity index (χ1v) is 37.9. The lowest BCUT2D eigenvalue weighted by molar-refractivity contribution is 0.0735. The van der Waals surface area contributed by atoms with Crippen LogP contribution < -0.4 is 21.3 Å². The van der Waals surface area contributed by atoms with E-state index in [-0.39, 0.29) is 40.2 Å². The van der Waals surface area contributed by atoms with Crippen molar-refractivity contribution in [1.82, 2.24) is 31.1 Å². The number of carbonyl (C=O) groups excluding carboxylic acids is 3. The third-order valence-corrected chi connectivity index (χ3v) is 20.6. The molecule has 21 heteroatoms. The highest BCUT2D eigenvalue weighted by molar-refractivity contribution is 6.61. The van der Waals surface area contributed by atoms with Crippen molar-refractivity contribution in [3.05, 3.63) is 248 Å². The summed E-state index contributed by atoms with van der Waals surface area (Å²) >= 11 is 4.60. The quantitative estimate of drug-likeness (QED) is 0.0172. The van der Waals surface area contributed by atoms with E-state index >= 15 is 0 Å². The Hall–Kier alpha value is -7.50. The Morgan fingerprint density at radius 2 is 0.843 bits per heavy atom. The third kappa shape index (κ3) is 27.2. The molecule has 0 bridgehead atoms. The Bertz CT molecular complexity index is 3960. The summed E-state index contributed by atoms with van der Waals surface area (Å²) in [6.07, 6.45) is 5.40. The van der Waals surface area contributed by atoms with Crippen LogP contribution in [0.2, 0.25) is 0 Å². The van der Waals surface area contributed by atoms with Crippen molar-refractivity contribution in [2.24, 2.45) is 0 Å². The minimum atomic E-state index is -0.773. The number of Topliss-reactive ketones (excluding diaryl/α,β-unsaturated/α-hetero) is 1. The molecule has 3 aliphatic rings. The number of nitrogens with one attached hydrogen (secondary N) is 4. The van der Waals surface area contributed by atoms with E-state index in [1.807, 2.05) is 36.4 Å². The number of hydrogen-bond donors (Lipinski definition) is 7. The van der Waals surface area contributed by atoms with Gasteiger partial charge in [-0.3, -0.25) is 9.69 Å². The molecule has 0 aromatic heterocycles. The second kappa shape index (κ2) is 40.4. The molecule has 7 N–H and O–H groups in total. The van der Waals surface area contributed by atoms with Crippen LogP contribution in [0.5, 0.6) is 0 Å². The predicted molar refractivity (Wildman–Crippen MR) is 417 cm³/mol. The predicted octanol–water partition coefficient (Wildman–Crippen LogP) is 16.3. The lowest BCUT2D eigenvalue weighted by Gasteiger charge is -2.44. The van der Waals surface area contributed by atoms with Gasteiger partial charge >= 0.3 is 11.5 Å². The number of aliphatic hydroxyl groups excluding tert-OH is 3. The summed E-state index contributed by atoms with van der Waals surface area (Å²) in [4.78, 5) is 38.6. The Balaban J connectivity index is 0.000000220. The van der Waals surface area contributed by atoms with Crippen LogP contribution in [0.1, 0.15) is 181 Å². The number of piperidine rings is 3. The highest BCUT2D eigenvalue weighted by Crippen LogP contribution is 2.38. The molecular formula is C87H113ClF6N6O8. The van der Waals surface area contributed by atoms with Gasteiger partial charge in [0.1, 0.15) is 34.9 Å². The smallest absolute Gasteiger partial charge is 0.409 e. The molecule has 6 atom stereocenters. The summed E-state index contributed by atoms with van der Waals surface area (Å²) in [6, 6.07) is 45.5. The van der Waals surface area contributed by atoms with E-state index < -0.39 is 69.7 Å². The molecule has 7 aromatic carbocycles. The first kappa shape index (κ1) is 87.7. The van der Waals surface area contributed by atoms with Gasteiger partial charge in [0.2, 0.25) is 0 Å². The maximum atomic E-state index is 13.6. The summed E-state index contributed by atoms with van der Waals surface area (Å²) in [6.45, 7) is 25.4. The number of amides is 1. The molecular weight excluding hydrogens is 1410 g/mol. The van der Waals surface area contributed by atoms with Crippen LogP contribution in [0, 0.1) is 34.9 Å². The van der Waals surface area contributed by atoms with Crippen LogP contribution in [0.25, 0.3) is 0 Å². The van der Waals surface area contributed by atoms with E-state index in [1.165, 1.54) is 72.9 Å². The Labute approximate surface area is 640 Å². The van der Waals surface area contributed by atoms with Gasteiger partial charge in [0, 0.05) is 81.2 Å². The second-order valence-corrected chi connectivity index (χ2v) is 32.4. The SMILES string of the molecule is CC(C)(C)c1cccc(C2(NCC(O)CCc3cc(F)cc(F)c3)CCCN(CC(=O)c3ccccc3)C2)c1.CC(C)(C)c1cccc(C2(NCC(O)CCc3cc(F)cc(F)c3)CCCNC2)c1.COC(=O)Cl.COC(=O)N1CCCC(NCC(O)CCc2cc(F)cc(F)c2)(c2cccc(C(C)(C)C)c2)C1. The average molecular weight is 1520 g/mol. The summed E-state index contributed by atoms with van der Waals surface area (Å²) in [5.41, 5.74) is 7.50. The molecule has 3 aliphatic heterocycles. The first-order valence-electron chi connectivity index (χ1n) is 37.6. The monoisotopic (exact) mass is 1520 g/mol. The zero-order valence-electron chi connectivity index (χ0n) is 64.7. The molecule has 3 heterocycles. The number of methoxy groups -OCH3 is 2. The molecule has 3 saturated heterocycles. The Morgan fingerprint density at radius 3 is 1.20 bits per heavy atom. The molecule has 3 fully saturated rings. The number of hydrogen-bond acceptors (Lipinski definition) is 13. The van der Waals surface area contributed by atoms with Crippen LogP contribution in [-0.2, 0) is 61.6 Å². The molecule has 14 nitrogen and oxygen atoms in total. The van der Waals surface area contributed by atoms with Gasteiger partial charge in [0.15, 0.2) is 5.78 Å². The number of aryl methyl sites for hydroxylation is 3. The summed E-state index contributed by atoms with van der Waals surface area (Å²) in [5, 5.41) is 46.5. The van der Waals surface area contributed by atoms with Crippen LogP contribution in [0.15, 0.2) is 158 Å². The fourth-order valence-electron chi connectivity index (χ4n) is 14.3. The van der Waals surface area contributed by atoms with E-state index in [4.69, 9.17) is 4.74 Å². The topological polar surface area (TPSA) is 185 Å².